The van der Waals surface area contributed by atoms with Crippen molar-refractivity contribution < 1.29 is 23.5 Å². The van der Waals surface area contributed by atoms with E-state index in [1.165, 1.54) is 9.20 Å². The molecule has 3 aromatic rings. The van der Waals surface area contributed by atoms with Gasteiger partial charge in [0, 0.05) is 32.6 Å². The minimum atomic E-state index is -2.92. The predicted molar refractivity (Wildman–Crippen MR) is 119 cm³/mol. The van der Waals surface area contributed by atoms with Crippen molar-refractivity contribution in [2.24, 2.45) is 12.8 Å². The quantitative estimate of drug-likeness (QED) is 0.447. The number of rotatable bonds is 4. The Bertz CT molecular complexity index is 1160. The second-order valence-corrected chi connectivity index (χ2v) is 8.04. The SMILES string of the molecule is CC(=O)O.Cn1cc(NC(=O)c2ccc3ccc(N[C@@H]4CCCC(F)(F)[C@@H]4N)nn23)c(Cl)n1. The fraction of sp³-hybridized carbons (Fsp3) is 0.400. The zero-order valence-electron chi connectivity index (χ0n) is 17.9. The van der Waals surface area contributed by atoms with Gasteiger partial charge in [-0.15, -0.1) is 5.10 Å². The molecule has 1 saturated carbocycles. The Morgan fingerprint density at radius 1 is 1.27 bits per heavy atom. The Kier molecular flexibility index (Phi) is 7.18. The van der Waals surface area contributed by atoms with Crippen molar-refractivity contribution in [3.05, 3.63) is 41.3 Å². The maximum Gasteiger partial charge on any atom is 0.300 e. The van der Waals surface area contributed by atoms with Gasteiger partial charge < -0.3 is 21.5 Å². The molecule has 10 nitrogen and oxygen atoms in total. The van der Waals surface area contributed by atoms with Crippen LogP contribution in [0.25, 0.3) is 5.52 Å². The molecule has 0 saturated heterocycles. The van der Waals surface area contributed by atoms with Crippen molar-refractivity contribution in [3.8, 4) is 0 Å². The first-order valence-electron chi connectivity index (χ1n) is 10.1. The van der Waals surface area contributed by atoms with Gasteiger partial charge in [0.1, 0.15) is 11.5 Å². The first-order valence-corrected chi connectivity index (χ1v) is 10.4. The van der Waals surface area contributed by atoms with Crippen LogP contribution in [-0.2, 0) is 11.8 Å². The van der Waals surface area contributed by atoms with E-state index in [-0.39, 0.29) is 17.3 Å². The number of amides is 1. The maximum atomic E-state index is 13.9. The summed E-state index contributed by atoms with van der Waals surface area (Å²) in [7, 11) is 1.69. The molecule has 0 radical (unpaired) electrons. The van der Waals surface area contributed by atoms with Crippen LogP contribution in [0.3, 0.4) is 0 Å². The lowest BCUT2D eigenvalue weighted by Gasteiger charge is -2.36. The number of halogens is 3. The molecule has 1 fully saturated rings. The number of aryl methyl sites for hydroxylation is 1. The number of nitrogens with two attached hydrogens (primary N) is 1. The Morgan fingerprint density at radius 2 is 1.94 bits per heavy atom. The maximum absolute atomic E-state index is 13.9. The van der Waals surface area contributed by atoms with Crippen LogP contribution in [0.4, 0.5) is 20.3 Å². The molecule has 1 aliphatic rings. The van der Waals surface area contributed by atoms with Crippen LogP contribution < -0.4 is 16.4 Å². The molecular weight excluding hydrogens is 460 g/mol. The average Bonchev–Trinajstić information content (AvgIpc) is 3.27. The van der Waals surface area contributed by atoms with E-state index >= 15 is 0 Å². The Morgan fingerprint density at radius 3 is 2.58 bits per heavy atom. The molecule has 3 aromatic heterocycles. The summed E-state index contributed by atoms with van der Waals surface area (Å²) in [6.07, 6.45) is 2.28. The number of aliphatic carboxylic acids is 1. The molecule has 0 unspecified atom stereocenters. The third-order valence-corrected chi connectivity index (χ3v) is 5.33. The van der Waals surface area contributed by atoms with Crippen LogP contribution >= 0.6 is 11.6 Å². The monoisotopic (exact) mass is 483 g/mol. The highest BCUT2D eigenvalue weighted by Gasteiger charge is 2.44. The average molecular weight is 484 g/mol. The molecule has 4 rings (SSSR count). The molecular formula is C20H24ClF2N7O3. The fourth-order valence-corrected chi connectivity index (χ4v) is 3.73. The van der Waals surface area contributed by atoms with Gasteiger partial charge in [0.15, 0.2) is 5.15 Å². The highest BCUT2D eigenvalue weighted by atomic mass is 35.5. The summed E-state index contributed by atoms with van der Waals surface area (Å²) in [5, 5.41) is 21.6. The molecule has 13 heteroatoms. The standard InChI is InChI=1S/C18H20ClF2N7O.C2H4O2/c1-27-9-12(16(19)26-27)24-17(29)13-6-4-10-5-7-14(25-28(10)13)23-11-3-2-8-18(20,21)15(11)22;1-2(3)4/h4-7,9,11,15H,2-3,8,22H2,1H3,(H,23,25)(H,24,29);1H3,(H,3,4)/t11-,15-;/m1./s1. The van der Waals surface area contributed by atoms with Crippen molar-refractivity contribution in [1.29, 1.82) is 0 Å². The number of nitrogens with one attached hydrogen (secondary N) is 2. The highest BCUT2D eigenvalue weighted by Crippen LogP contribution is 2.33. The van der Waals surface area contributed by atoms with Gasteiger partial charge >= 0.3 is 0 Å². The summed E-state index contributed by atoms with van der Waals surface area (Å²) >= 11 is 5.99. The topological polar surface area (TPSA) is 140 Å². The van der Waals surface area contributed by atoms with Crippen molar-refractivity contribution >= 4 is 40.5 Å². The summed E-state index contributed by atoms with van der Waals surface area (Å²) in [5.74, 6) is -3.81. The number of hydrogen-bond donors (Lipinski definition) is 4. The summed E-state index contributed by atoms with van der Waals surface area (Å²) in [5.41, 5.74) is 7.06. The Labute approximate surface area is 192 Å². The zero-order chi connectivity index (χ0) is 24.3. The second-order valence-electron chi connectivity index (χ2n) is 7.68. The van der Waals surface area contributed by atoms with Crippen molar-refractivity contribution in [2.45, 2.75) is 44.2 Å². The minimum absolute atomic E-state index is 0.171. The van der Waals surface area contributed by atoms with E-state index in [9.17, 15) is 13.6 Å². The van der Waals surface area contributed by atoms with E-state index in [4.69, 9.17) is 27.2 Å². The molecule has 5 N–H and O–H groups in total. The van der Waals surface area contributed by atoms with E-state index in [1.54, 1.807) is 37.5 Å². The number of carbonyl (C=O) groups excluding carboxylic acids is 1. The van der Waals surface area contributed by atoms with E-state index in [2.05, 4.69) is 20.8 Å². The molecule has 1 amide bonds. The summed E-state index contributed by atoms with van der Waals surface area (Å²) in [6, 6.07) is 4.87. The molecule has 33 heavy (non-hydrogen) atoms. The van der Waals surface area contributed by atoms with Crippen molar-refractivity contribution in [1.82, 2.24) is 19.4 Å². The van der Waals surface area contributed by atoms with Gasteiger partial charge in [-0.1, -0.05) is 11.6 Å². The third-order valence-electron chi connectivity index (χ3n) is 5.05. The Hall–Kier alpha value is -3.25. The molecule has 178 valence electrons. The van der Waals surface area contributed by atoms with Crippen LogP contribution in [0.2, 0.25) is 5.15 Å². The molecule has 2 atom stereocenters. The first-order chi connectivity index (χ1) is 15.5. The van der Waals surface area contributed by atoms with Gasteiger partial charge in [0.25, 0.3) is 17.8 Å². The minimum Gasteiger partial charge on any atom is -0.481 e. The molecule has 0 aliphatic heterocycles. The smallest absolute Gasteiger partial charge is 0.300 e. The van der Waals surface area contributed by atoms with Crippen LogP contribution in [0, 0.1) is 0 Å². The number of alkyl halides is 2. The second kappa shape index (κ2) is 9.71. The molecule has 0 aromatic carbocycles. The summed E-state index contributed by atoms with van der Waals surface area (Å²) in [6.45, 7) is 1.08. The summed E-state index contributed by atoms with van der Waals surface area (Å²) in [4.78, 5) is 21.7. The van der Waals surface area contributed by atoms with Gasteiger partial charge in [0.2, 0.25) is 0 Å². The lowest BCUT2D eigenvalue weighted by Crippen LogP contribution is -2.55. The van der Waals surface area contributed by atoms with E-state index in [0.717, 1.165) is 6.92 Å². The lowest BCUT2D eigenvalue weighted by molar-refractivity contribution is -0.134. The number of aromatic nitrogens is 4. The number of nitrogens with zero attached hydrogens (tertiary/aromatic N) is 4. The first kappa shape index (κ1) is 24.4. The van der Waals surface area contributed by atoms with Crippen LogP contribution in [0.1, 0.15) is 36.7 Å². The predicted octanol–water partition coefficient (Wildman–Crippen LogP) is 2.99. The Balaban J connectivity index is 0.000000709. The van der Waals surface area contributed by atoms with E-state index < -0.39 is 29.9 Å². The van der Waals surface area contributed by atoms with Gasteiger partial charge in [-0.05, 0) is 37.1 Å². The number of anilines is 2. The van der Waals surface area contributed by atoms with Crippen molar-refractivity contribution in [3.63, 3.8) is 0 Å². The number of carboxylic acids is 1. The molecule has 3 heterocycles. The van der Waals surface area contributed by atoms with Gasteiger partial charge in [0.05, 0.1) is 17.2 Å². The number of hydrogen-bond acceptors (Lipinski definition) is 6. The fourth-order valence-electron chi connectivity index (χ4n) is 3.52. The summed E-state index contributed by atoms with van der Waals surface area (Å²) < 4.78 is 30.7. The van der Waals surface area contributed by atoms with E-state index in [0.29, 0.717) is 29.9 Å². The lowest BCUT2D eigenvalue weighted by atomic mass is 9.87. The zero-order valence-corrected chi connectivity index (χ0v) is 18.7. The normalized spacial score (nSPS) is 19.5. The van der Waals surface area contributed by atoms with Gasteiger partial charge in [-0.3, -0.25) is 14.3 Å². The van der Waals surface area contributed by atoms with Crippen LogP contribution in [0.5, 0.6) is 0 Å². The largest absolute Gasteiger partial charge is 0.481 e. The highest BCUT2D eigenvalue weighted by molar-refractivity contribution is 6.32. The van der Waals surface area contributed by atoms with Crippen LogP contribution in [0.15, 0.2) is 30.5 Å². The van der Waals surface area contributed by atoms with E-state index in [1.807, 2.05) is 0 Å². The molecule has 1 aliphatic carbocycles. The number of carboxylic acid groups (broad SMARTS) is 1. The van der Waals surface area contributed by atoms with Crippen LogP contribution in [-0.4, -0.2) is 54.4 Å². The third kappa shape index (κ3) is 5.76. The van der Waals surface area contributed by atoms with Gasteiger partial charge in [-0.2, -0.15) is 5.10 Å². The van der Waals surface area contributed by atoms with Gasteiger partial charge in [-0.25, -0.2) is 13.3 Å². The van der Waals surface area contributed by atoms with Crippen molar-refractivity contribution in [2.75, 3.05) is 10.6 Å². The number of fused-ring (bicyclic) bond motifs is 1. The molecule has 0 spiro atoms. The number of carbonyl (C=O) groups is 2. The molecule has 0 bridgehead atoms.